The fourth-order valence-corrected chi connectivity index (χ4v) is 2.03. The average molecular weight is 248 g/mol. The van der Waals surface area contributed by atoms with Crippen molar-refractivity contribution in [2.75, 3.05) is 14.2 Å². The predicted molar refractivity (Wildman–Crippen MR) is 67.7 cm³/mol. The molecule has 0 fully saturated rings. The van der Waals surface area contributed by atoms with Gasteiger partial charge in [-0.05, 0) is 19.1 Å². The van der Waals surface area contributed by atoms with Crippen LogP contribution in [0, 0.1) is 0 Å². The third-order valence-corrected chi connectivity index (χ3v) is 3.08. The van der Waals surface area contributed by atoms with Crippen LogP contribution in [0.25, 0.3) is 6.08 Å². The maximum atomic E-state index is 11.7. The van der Waals surface area contributed by atoms with E-state index in [4.69, 9.17) is 14.2 Å². The van der Waals surface area contributed by atoms with E-state index in [1.807, 2.05) is 18.2 Å². The Kier molecular flexibility index (Phi) is 3.13. The zero-order chi connectivity index (χ0) is 13.3. The Bertz CT molecular complexity index is 519. The normalized spacial score (nSPS) is 21.7. The molecule has 0 N–H and O–H groups in total. The van der Waals surface area contributed by atoms with Gasteiger partial charge in [0, 0.05) is 19.6 Å². The number of rotatable bonds is 3. The third kappa shape index (κ3) is 1.88. The van der Waals surface area contributed by atoms with Crippen molar-refractivity contribution in [3.8, 4) is 11.5 Å². The van der Waals surface area contributed by atoms with Crippen molar-refractivity contribution in [2.24, 2.45) is 0 Å². The number of Topliss-reactive ketones (excluding diaryl/α,β-unsaturated/α-hetero) is 1. The van der Waals surface area contributed by atoms with Gasteiger partial charge in [-0.1, -0.05) is 12.1 Å². The maximum Gasteiger partial charge on any atom is 0.237 e. The fraction of sp³-hybridized carbons (Fsp3) is 0.357. The molecule has 4 heteroatoms. The van der Waals surface area contributed by atoms with Gasteiger partial charge < -0.3 is 14.2 Å². The summed E-state index contributed by atoms with van der Waals surface area (Å²) in [7, 11) is 3.09. The summed E-state index contributed by atoms with van der Waals surface area (Å²) in [6.45, 7) is 3.22. The van der Waals surface area contributed by atoms with Gasteiger partial charge >= 0.3 is 0 Å². The SMILES string of the molecule is COc1cccc2c1OC(C)(OC)C(C(C)=O)=C2. The zero-order valence-corrected chi connectivity index (χ0v) is 10.9. The van der Waals surface area contributed by atoms with Crippen molar-refractivity contribution in [2.45, 2.75) is 19.6 Å². The van der Waals surface area contributed by atoms with Crippen LogP contribution in [0.5, 0.6) is 11.5 Å². The minimum absolute atomic E-state index is 0.0761. The molecule has 18 heavy (non-hydrogen) atoms. The monoisotopic (exact) mass is 248 g/mol. The Morgan fingerprint density at radius 3 is 2.61 bits per heavy atom. The van der Waals surface area contributed by atoms with Gasteiger partial charge in [-0.3, -0.25) is 4.79 Å². The molecule has 1 unspecified atom stereocenters. The fourth-order valence-electron chi connectivity index (χ4n) is 2.03. The first-order chi connectivity index (χ1) is 8.51. The van der Waals surface area contributed by atoms with Crippen LogP contribution in [-0.4, -0.2) is 25.8 Å². The van der Waals surface area contributed by atoms with Gasteiger partial charge in [0.05, 0.1) is 12.7 Å². The second-order valence-electron chi connectivity index (χ2n) is 4.24. The largest absolute Gasteiger partial charge is 0.493 e. The number of ether oxygens (including phenoxy) is 3. The lowest BCUT2D eigenvalue weighted by molar-refractivity contribution is -0.136. The summed E-state index contributed by atoms with van der Waals surface area (Å²) in [6.07, 6.45) is 1.78. The summed E-state index contributed by atoms with van der Waals surface area (Å²) in [4.78, 5) is 11.7. The molecular formula is C14H16O4. The van der Waals surface area contributed by atoms with E-state index in [1.54, 1.807) is 20.1 Å². The second-order valence-corrected chi connectivity index (χ2v) is 4.24. The van der Waals surface area contributed by atoms with Crippen molar-refractivity contribution in [3.05, 3.63) is 29.3 Å². The number of carbonyl (C=O) groups excluding carboxylic acids is 1. The first-order valence-corrected chi connectivity index (χ1v) is 5.66. The Balaban J connectivity index is 2.61. The number of methoxy groups -OCH3 is 2. The van der Waals surface area contributed by atoms with Crippen molar-refractivity contribution < 1.29 is 19.0 Å². The number of carbonyl (C=O) groups is 1. The molecular weight excluding hydrogens is 232 g/mol. The van der Waals surface area contributed by atoms with Gasteiger partial charge in [0.2, 0.25) is 5.79 Å². The molecule has 0 aromatic heterocycles. The number of hydrogen-bond donors (Lipinski definition) is 0. The van der Waals surface area contributed by atoms with Gasteiger partial charge in [0.25, 0.3) is 0 Å². The predicted octanol–water partition coefficient (Wildman–Crippen LogP) is 2.42. The van der Waals surface area contributed by atoms with Crippen LogP contribution < -0.4 is 9.47 Å². The highest BCUT2D eigenvalue weighted by Crippen LogP contribution is 2.41. The van der Waals surface area contributed by atoms with Gasteiger partial charge in [-0.15, -0.1) is 0 Å². The number of para-hydroxylation sites is 1. The lowest BCUT2D eigenvalue weighted by Crippen LogP contribution is -2.41. The van der Waals surface area contributed by atoms with Gasteiger partial charge in [0.1, 0.15) is 0 Å². The van der Waals surface area contributed by atoms with E-state index in [2.05, 4.69) is 0 Å². The summed E-state index contributed by atoms with van der Waals surface area (Å²) >= 11 is 0. The summed E-state index contributed by atoms with van der Waals surface area (Å²) in [5.74, 6) is 0.0600. The molecule has 0 aliphatic carbocycles. The maximum absolute atomic E-state index is 11.7. The molecule has 1 aliphatic heterocycles. The van der Waals surface area contributed by atoms with E-state index in [9.17, 15) is 4.79 Å². The molecule has 1 atom stereocenters. The minimum atomic E-state index is -1.08. The Morgan fingerprint density at radius 2 is 2.06 bits per heavy atom. The summed E-state index contributed by atoms with van der Waals surface area (Å²) in [5, 5.41) is 0. The first-order valence-electron chi connectivity index (χ1n) is 5.66. The summed E-state index contributed by atoms with van der Waals surface area (Å²) in [6, 6.07) is 5.53. The second kappa shape index (κ2) is 4.46. The third-order valence-electron chi connectivity index (χ3n) is 3.08. The average Bonchev–Trinajstić information content (AvgIpc) is 2.37. The summed E-state index contributed by atoms with van der Waals surface area (Å²) < 4.78 is 16.4. The molecule has 1 heterocycles. The number of ketones is 1. The van der Waals surface area contributed by atoms with Crippen molar-refractivity contribution in [1.82, 2.24) is 0 Å². The van der Waals surface area contributed by atoms with Gasteiger partial charge in [-0.2, -0.15) is 0 Å². The van der Waals surface area contributed by atoms with Crippen LogP contribution in [0.4, 0.5) is 0 Å². The van der Waals surface area contributed by atoms with Crippen LogP contribution in [-0.2, 0) is 9.53 Å². The smallest absolute Gasteiger partial charge is 0.237 e. The van der Waals surface area contributed by atoms with E-state index < -0.39 is 5.79 Å². The first kappa shape index (κ1) is 12.6. The van der Waals surface area contributed by atoms with Crippen LogP contribution in [0.1, 0.15) is 19.4 Å². The van der Waals surface area contributed by atoms with Crippen LogP contribution in [0.3, 0.4) is 0 Å². The molecule has 0 saturated heterocycles. The Labute approximate surface area is 106 Å². The Morgan fingerprint density at radius 1 is 1.33 bits per heavy atom. The van der Waals surface area contributed by atoms with E-state index in [0.29, 0.717) is 17.1 Å². The lowest BCUT2D eigenvalue weighted by Gasteiger charge is -2.34. The molecule has 0 bridgehead atoms. The van der Waals surface area contributed by atoms with Crippen LogP contribution >= 0.6 is 0 Å². The molecule has 0 spiro atoms. The number of fused-ring (bicyclic) bond motifs is 1. The number of hydrogen-bond acceptors (Lipinski definition) is 4. The highest BCUT2D eigenvalue weighted by molar-refractivity contribution is 6.00. The molecule has 1 aliphatic rings. The van der Waals surface area contributed by atoms with E-state index in [-0.39, 0.29) is 5.78 Å². The standard InChI is InChI=1S/C14H16O4/c1-9(15)11-8-10-6-5-7-12(16-3)13(10)18-14(11,2)17-4/h5-8H,1-4H3. The van der Waals surface area contributed by atoms with E-state index in [0.717, 1.165) is 5.56 Å². The van der Waals surface area contributed by atoms with Gasteiger partial charge in [0.15, 0.2) is 17.3 Å². The molecule has 0 saturated carbocycles. The Hall–Kier alpha value is -1.81. The zero-order valence-electron chi connectivity index (χ0n) is 10.9. The van der Waals surface area contributed by atoms with Crippen LogP contribution in [0.2, 0.25) is 0 Å². The lowest BCUT2D eigenvalue weighted by atomic mass is 9.96. The molecule has 0 amide bonds. The van der Waals surface area contributed by atoms with Crippen LogP contribution in [0.15, 0.2) is 23.8 Å². The van der Waals surface area contributed by atoms with Crippen molar-refractivity contribution >= 4 is 11.9 Å². The minimum Gasteiger partial charge on any atom is -0.493 e. The van der Waals surface area contributed by atoms with E-state index in [1.165, 1.54) is 14.0 Å². The molecule has 0 radical (unpaired) electrons. The topological polar surface area (TPSA) is 44.8 Å². The van der Waals surface area contributed by atoms with E-state index >= 15 is 0 Å². The van der Waals surface area contributed by atoms with Crippen molar-refractivity contribution in [3.63, 3.8) is 0 Å². The highest BCUT2D eigenvalue weighted by Gasteiger charge is 2.38. The molecule has 96 valence electrons. The van der Waals surface area contributed by atoms with Gasteiger partial charge in [-0.25, -0.2) is 0 Å². The molecule has 1 aromatic carbocycles. The molecule has 4 nitrogen and oxygen atoms in total. The number of benzene rings is 1. The summed E-state index contributed by atoms with van der Waals surface area (Å²) in [5.41, 5.74) is 1.31. The highest BCUT2D eigenvalue weighted by atomic mass is 16.7. The van der Waals surface area contributed by atoms with Crippen molar-refractivity contribution in [1.29, 1.82) is 0 Å². The molecule has 1 aromatic rings. The quantitative estimate of drug-likeness (QED) is 0.824. The molecule has 2 rings (SSSR count).